The van der Waals surface area contributed by atoms with Crippen molar-refractivity contribution < 1.29 is 14.4 Å². The maximum Gasteiger partial charge on any atom is 0.353 e. The van der Waals surface area contributed by atoms with E-state index in [1.807, 2.05) is 42.5 Å². The Hall–Kier alpha value is -4.77. The maximum atomic E-state index is 11.9. The van der Waals surface area contributed by atoms with Crippen LogP contribution in [0.2, 0.25) is 0 Å². The molecule has 35 heavy (non-hydrogen) atoms. The van der Waals surface area contributed by atoms with Gasteiger partial charge in [0.1, 0.15) is 23.6 Å². The van der Waals surface area contributed by atoms with Crippen LogP contribution in [0.25, 0.3) is 10.2 Å². The van der Waals surface area contributed by atoms with E-state index in [4.69, 9.17) is 9.47 Å². The quantitative estimate of drug-likeness (QED) is 0.192. The fourth-order valence-corrected chi connectivity index (χ4v) is 4.18. The Kier molecular flexibility index (Phi) is 6.05. The Labute approximate surface area is 203 Å². The number of hydrogen-bond acceptors (Lipinski definition) is 10. The molecule has 3 aromatic carbocycles. The molecule has 2 aromatic heterocycles. The van der Waals surface area contributed by atoms with Gasteiger partial charge in [0.05, 0.1) is 22.2 Å². The molecule has 0 saturated heterocycles. The predicted octanol–water partition coefficient (Wildman–Crippen LogP) is 6.28. The van der Waals surface area contributed by atoms with E-state index in [1.165, 1.54) is 17.7 Å². The first-order valence-corrected chi connectivity index (χ1v) is 11.2. The van der Waals surface area contributed by atoms with Crippen LogP contribution in [0.15, 0.2) is 79.1 Å². The molecule has 0 bridgehead atoms. The summed E-state index contributed by atoms with van der Waals surface area (Å²) in [6.45, 7) is 0. The molecule has 0 atom stereocenters. The minimum Gasteiger partial charge on any atom is -0.497 e. The van der Waals surface area contributed by atoms with Crippen molar-refractivity contribution in [2.75, 3.05) is 17.7 Å². The second-order valence-electron chi connectivity index (χ2n) is 7.22. The molecule has 10 nitrogen and oxygen atoms in total. The van der Waals surface area contributed by atoms with Gasteiger partial charge in [0.15, 0.2) is 5.13 Å². The number of methoxy groups -OCH3 is 1. The Morgan fingerprint density at radius 2 is 1.57 bits per heavy atom. The van der Waals surface area contributed by atoms with Gasteiger partial charge in [-0.1, -0.05) is 29.5 Å². The van der Waals surface area contributed by atoms with E-state index < -0.39 is 4.92 Å². The van der Waals surface area contributed by atoms with Crippen LogP contribution >= 0.6 is 11.3 Å². The minimum absolute atomic E-state index is 0.0301. The van der Waals surface area contributed by atoms with Crippen LogP contribution < -0.4 is 20.1 Å². The number of nitrogens with zero attached hydrogens (tertiary/aromatic N) is 4. The van der Waals surface area contributed by atoms with Gasteiger partial charge in [-0.2, -0.15) is 0 Å². The van der Waals surface area contributed by atoms with Gasteiger partial charge in [-0.05, 0) is 54.6 Å². The number of nitrogens with one attached hydrogen (secondary N) is 2. The summed E-state index contributed by atoms with van der Waals surface area (Å²) < 4.78 is 11.9. The van der Waals surface area contributed by atoms with Crippen molar-refractivity contribution in [3.8, 4) is 17.2 Å². The van der Waals surface area contributed by atoms with Crippen molar-refractivity contribution in [3.05, 3.63) is 89.2 Å². The number of hydrogen-bond donors (Lipinski definition) is 2. The number of rotatable bonds is 8. The second-order valence-corrected chi connectivity index (χ2v) is 8.25. The smallest absolute Gasteiger partial charge is 0.353 e. The van der Waals surface area contributed by atoms with E-state index in [0.29, 0.717) is 28.1 Å². The molecule has 0 saturated carbocycles. The molecule has 174 valence electrons. The van der Waals surface area contributed by atoms with Crippen LogP contribution in [-0.2, 0) is 0 Å². The van der Waals surface area contributed by atoms with Gasteiger partial charge in [0.2, 0.25) is 11.6 Å². The van der Waals surface area contributed by atoms with E-state index in [0.717, 1.165) is 10.2 Å². The fraction of sp³-hybridized carbons (Fsp3) is 0.0417. The third-order valence-corrected chi connectivity index (χ3v) is 5.86. The molecule has 0 amide bonds. The molecule has 0 aliphatic heterocycles. The second kappa shape index (κ2) is 9.61. The Balaban J connectivity index is 1.38. The third kappa shape index (κ3) is 4.94. The lowest BCUT2D eigenvalue weighted by Gasteiger charge is -2.10. The number of aromatic nitrogens is 3. The molecule has 2 heterocycles. The number of anilines is 4. The van der Waals surface area contributed by atoms with Crippen molar-refractivity contribution >= 4 is 49.7 Å². The van der Waals surface area contributed by atoms with Crippen LogP contribution in [0.4, 0.5) is 28.1 Å². The first kappa shape index (κ1) is 22.0. The summed E-state index contributed by atoms with van der Waals surface area (Å²) in [7, 11) is 1.59. The normalized spacial score (nSPS) is 10.7. The van der Waals surface area contributed by atoms with Gasteiger partial charge < -0.3 is 20.1 Å². The first-order chi connectivity index (χ1) is 17.1. The van der Waals surface area contributed by atoms with Gasteiger partial charge in [-0.25, -0.2) is 15.0 Å². The molecule has 0 unspecified atom stereocenters. The summed E-state index contributed by atoms with van der Waals surface area (Å²) in [6.07, 6.45) is 1.25. The van der Waals surface area contributed by atoms with Crippen molar-refractivity contribution in [1.29, 1.82) is 0 Å². The van der Waals surface area contributed by atoms with Gasteiger partial charge in [-0.15, -0.1) is 0 Å². The third-order valence-electron chi connectivity index (χ3n) is 4.92. The zero-order valence-electron chi connectivity index (χ0n) is 18.3. The maximum absolute atomic E-state index is 11.9. The molecule has 5 aromatic rings. The molecule has 11 heteroatoms. The van der Waals surface area contributed by atoms with E-state index in [1.54, 1.807) is 37.4 Å². The van der Waals surface area contributed by atoms with Gasteiger partial charge in [0.25, 0.3) is 0 Å². The summed E-state index contributed by atoms with van der Waals surface area (Å²) in [6, 6.07) is 21.9. The molecule has 5 rings (SSSR count). The highest BCUT2D eigenvalue weighted by Gasteiger charge is 2.24. The number of thiazole rings is 1. The number of benzene rings is 3. The summed E-state index contributed by atoms with van der Waals surface area (Å²) in [5, 5.41) is 18.3. The summed E-state index contributed by atoms with van der Waals surface area (Å²) in [5.74, 6) is 2.12. The number of ether oxygens (including phenoxy) is 2. The first-order valence-electron chi connectivity index (χ1n) is 10.4. The zero-order chi connectivity index (χ0) is 24.2. The molecular weight excluding hydrogens is 468 g/mol. The van der Waals surface area contributed by atoms with Crippen molar-refractivity contribution in [3.63, 3.8) is 0 Å². The number of fused-ring (bicyclic) bond motifs is 1. The van der Waals surface area contributed by atoms with Crippen LogP contribution in [0, 0.1) is 10.1 Å². The summed E-state index contributed by atoms with van der Waals surface area (Å²) in [4.78, 5) is 24.0. The van der Waals surface area contributed by atoms with Gasteiger partial charge >= 0.3 is 5.69 Å². The average Bonchev–Trinajstić information content (AvgIpc) is 3.27. The number of para-hydroxylation sites is 1. The highest BCUT2D eigenvalue weighted by atomic mass is 32.1. The minimum atomic E-state index is -0.534. The molecule has 0 fully saturated rings. The Bertz CT molecular complexity index is 1490. The van der Waals surface area contributed by atoms with Crippen molar-refractivity contribution in [2.45, 2.75) is 0 Å². The molecule has 0 aliphatic carbocycles. The van der Waals surface area contributed by atoms with E-state index in [9.17, 15) is 10.1 Å². The topological polar surface area (TPSA) is 124 Å². The van der Waals surface area contributed by atoms with Crippen molar-refractivity contribution in [1.82, 2.24) is 15.0 Å². The molecule has 2 N–H and O–H groups in total. The largest absolute Gasteiger partial charge is 0.497 e. The van der Waals surface area contributed by atoms with E-state index >= 15 is 0 Å². The fourth-order valence-electron chi connectivity index (χ4n) is 3.29. The van der Waals surface area contributed by atoms with E-state index in [-0.39, 0.29) is 17.3 Å². The zero-order valence-corrected chi connectivity index (χ0v) is 19.2. The lowest BCUT2D eigenvalue weighted by atomic mass is 10.3. The lowest BCUT2D eigenvalue weighted by molar-refractivity contribution is -0.383. The molecule has 0 radical (unpaired) electrons. The van der Waals surface area contributed by atoms with Crippen LogP contribution in [0.5, 0.6) is 17.2 Å². The lowest BCUT2D eigenvalue weighted by Crippen LogP contribution is -2.05. The Morgan fingerprint density at radius 1 is 0.886 bits per heavy atom. The van der Waals surface area contributed by atoms with Crippen molar-refractivity contribution in [2.24, 2.45) is 0 Å². The Morgan fingerprint density at radius 3 is 2.29 bits per heavy atom. The van der Waals surface area contributed by atoms with Crippen LogP contribution in [-0.4, -0.2) is 27.0 Å². The summed E-state index contributed by atoms with van der Waals surface area (Å²) >= 11 is 1.33. The summed E-state index contributed by atoms with van der Waals surface area (Å²) in [5.41, 5.74) is 1.05. The SMILES string of the molecule is COc1ccc2nc(Nc3ncnc(Nc4ccc(Oc5ccccc5)cc4)c3[N+](=O)[O-])sc2c1. The van der Waals surface area contributed by atoms with Gasteiger partial charge in [-0.3, -0.25) is 10.1 Å². The number of nitro groups is 1. The predicted molar refractivity (Wildman–Crippen MR) is 134 cm³/mol. The van der Waals surface area contributed by atoms with Crippen LogP contribution in [0.1, 0.15) is 0 Å². The molecular formula is C24H18N6O4S. The highest BCUT2D eigenvalue weighted by molar-refractivity contribution is 7.22. The molecule has 0 spiro atoms. The monoisotopic (exact) mass is 486 g/mol. The standard InChI is InChI=1S/C24H18N6O4S/c1-33-18-11-12-19-20(13-18)35-24(28-19)29-23-21(30(31)32)22(25-14-26-23)27-15-7-9-17(10-8-15)34-16-5-3-2-4-6-16/h2-14H,1H3,(H2,25,26,27,28,29). The highest BCUT2D eigenvalue weighted by Crippen LogP contribution is 2.36. The average molecular weight is 487 g/mol. The molecule has 0 aliphatic rings. The van der Waals surface area contributed by atoms with Gasteiger partial charge in [0, 0.05) is 5.69 Å². The van der Waals surface area contributed by atoms with E-state index in [2.05, 4.69) is 25.6 Å². The van der Waals surface area contributed by atoms with Crippen LogP contribution in [0.3, 0.4) is 0 Å².